The van der Waals surface area contributed by atoms with E-state index in [2.05, 4.69) is 31.5 Å². The monoisotopic (exact) mass is 271 g/mol. The van der Waals surface area contributed by atoms with Gasteiger partial charge in [-0.1, -0.05) is 0 Å². The highest BCUT2D eigenvalue weighted by Crippen LogP contribution is 2.18. The number of hydrogen-bond donors (Lipinski definition) is 2. The van der Waals surface area contributed by atoms with E-state index in [4.69, 9.17) is 12.2 Å². The molecular formula is C9H10BrN3S. The van der Waals surface area contributed by atoms with E-state index in [1.807, 2.05) is 12.1 Å². The maximum Gasteiger partial charge on any atom is 0.172 e. The molecule has 0 radical (unpaired) electrons. The van der Waals surface area contributed by atoms with Gasteiger partial charge in [0.1, 0.15) is 5.82 Å². The van der Waals surface area contributed by atoms with E-state index in [0.717, 1.165) is 10.3 Å². The molecule has 1 aliphatic carbocycles. The summed E-state index contributed by atoms with van der Waals surface area (Å²) in [6.45, 7) is 0. The summed E-state index contributed by atoms with van der Waals surface area (Å²) in [5.41, 5.74) is 0. The molecule has 0 atom stereocenters. The first-order valence-corrected chi connectivity index (χ1v) is 5.63. The molecule has 3 nitrogen and oxygen atoms in total. The second kappa shape index (κ2) is 4.23. The van der Waals surface area contributed by atoms with Gasteiger partial charge in [0.05, 0.1) is 0 Å². The lowest BCUT2D eigenvalue weighted by atomic mass is 10.5. The van der Waals surface area contributed by atoms with Gasteiger partial charge in [0.15, 0.2) is 5.11 Å². The van der Waals surface area contributed by atoms with Gasteiger partial charge in [-0.15, -0.1) is 0 Å². The summed E-state index contributed by atoms with van der Waals surface area (Å²) in [5.74, 6) is 0.770. The van der Waals surface area contributed by atoms with Gasteiger partial charge in [0.2, 0.25) is 0 Å². The summed E-state index contributed by atoms with van der Waals surface area (Å²) in [6, 6.07) is 4.38. The number of nitrogens with zero attached hydrogens (tertiary/aromatic N) is 1. The van der Waals surface area contributed by atoms with Crippen molar-refractivity contribution >= 4 is 39.1 Å². The molecule has 5 heteroatoms. The summed E-state index contributed by atoms with van der Waals surface area (Å²) in [6.07, 6.45) is 4.17. The van der Waals surface area contributed by atoms with Gasteiger partial charge in [0, 0.05) is 16.7 Å². The zero-order valence-corrected chi connectivity index (χ0v) is 9.86. The summed E-state index contributed by atoms with van der Waals surface area (Å²) >= 11 is 8.43. The van der Waals surface area contributed by atoms with Gasteiger partial charge >= 0.3 is 0 Å². The van der Waals surface area contributed by atoms with Crippen molar-refractivity contribution in [3.05, 3.63) is 22.8 Å². The quantitative estimate of drug-likeness (QED) is 0.810. The number of hydrogen-bond acceptors (Lipinski definition) is 2. The highest BCUT2D eigenvalue weighted by molar-refractivity contribution is 9.10. The van der Waals surface area contributed by atoms with E-state index in [1.54, 1.807) is 6.20 Å². The van der Waals surface area contributed by atoms with Gasteiger partial charge in [-0.2, -0.15) is 0 Å². The fraction of sp³-hybridized carbons (Fsp3) is 0.333. The van der Waals surface area contributed by atoms with Crippen molar-refractivity contribution in [2.75, 3.05) is 5.32 Å². The van der Waals surface area contributed by atoms with Crippen molar-refractivity contribution in [3.63, 3.8) is 0 Å². The molecule has 1 saturated carbocycles. The van der Waals surface area contributed by atoms with Crippen molar-refractivity contribution in [1.82, 2.24) is 10.3 Å². The maximum atomic E-state index is 5.11. The number of nitrogens with one attached hydrogen (secondary N) is 2. The molecule has 14 heavy (non-hydrogen) atoms. The highest BCUT2D eigenvalue weighted by atomic mass is 79.9. The molecule has 1 aromatic rings. The van der Waals surface area contributed by atoms with Crippen LogP contribution in [-0.2, 0) is 0 Å². The lowest BCUT2D eigenvalue weighted by Crippen LogP contribution is -2.30. The zero-order chi connectivity index (χ0) is 9.97. The standard InChI is InChI=1S/C9H10BrN3S/c10-6-1-4-8(11-5-6)13-9(14)12-7-2-3-7/h1,4-5,7H,2-3H2,(H2,11,12,13,14). The third kappa shape index (κ3) is 2.92. The van der Waals surface area contributed by atoms with Crippen molar-refractivity contribution in [2.45, 2.75) is 18.9 Å². The Balaban J connectivity index is 1.89. The first-order valence-electron chi connectivity index (χ1n) is 4.43. The number of anilines is 1. The molecule has 1 aromatic heterocycles. The molecule has 74 valence electrons. The lowest BCUT2D eigenvalue weighted by molar-refractivity contribution is 0.918. The predicted octanol–water partition coefficient (Wildman–Crippen LogP) is 2.29. The second-order valence-electron chi connectivity index (χ2n) is 3.23. The minimum absolute atomic E-state index is 0.574. The van der Waals surface area contributed by atoms with Gasteiger partial charge in [-0.25, -0.2) is 4.98 Å². The number of thiocarbonyl (C=S) groups is 1. The van der Waals surface area contributed by atoms with Crippen LogP contribution in [0.25, 0.3) is 0 Å². The molecule has 0 amide bonds. The topological polar surface area (TPSA) is 37.0 Å². The molecule has 0 saturated heterocycles. The van der Waals surface area contributed by atoms with Crippen LogP contribution in [0.5, 0.6) is 0 Å². The fourth-order valence-corrected chi connectivity index (χ4v) is 1.52. The number of halogens is 1. The highest BCUT2D eigenvalue weighted by Gasteiger charge is 2.21. The Morgan fingerprint density at radius 1 is 1.50 bits per heavy atom. The summed E-state index contributed by atoms with van der Waals surface area (Å²) in [5, 5.41) is 6.87. The zero-order valence-electron chi connectivity index (χ0n) is 7.46. The fourth-order valence-electron chi connectivity index (χ4n) is 1.02. The van der Waals surface area contributed by atoms with Crippen LogP contribution in [0.3, 0.4) is 0 Å². The molecule has 2 rings (SSSR count). The Kier molecular flexibility index (Phi) is 2.98. The van der Waals surface area contributed by atoms with Gasteiger partial charge < -0.3 is 10.6 Å². The maximum absolute atomic E-state index is 5.11. The minimum Gasteiger partial charge on any atom is -0.360 e. The Morgan fingerprint density at radius 2 is 2.29 bits per heavy atom. The van der Waals surface area contributed by atoms with Gasteiger partial charge in [-0.3, -0.25) is 0 Å². The van der Waals surface area contributed by atoms with E-state index >= 15 is 0 Å². The summed E-state index contributed by atoms with van der Waals surface area (Å²) < 4.78 is 0.962. The average molecular weight is 272 g/mol. The van der Waals surface area contributed by atoms with E-state index in [1.165, 1.54) is 12.8 Å². The average Bonchev–Trinajstić information content (AvgIpc) is 2.93. The molecule has 0 aliphatic heterocycles. The molecule has 0 bridgehead atoms. The van der Waals surface area contributed by atoms with E-state index in [-0.39, 0.29) is 0 Å². The third-order valence-electron chi connectivity index (χ3n) is 1.88. The lowest BCUT2D eigenvalue weighted by Gasteiger charge is -2.08. The van der Waals surface area contributed by atoms with Crippen LogP contribution >= 0.6 is 28.1 Å². The predicted molar refractivity (Wildman–Crippen MR) is 64.3 cm³/mol. The summed E-state index contributed by atoms with van der Waals surface area (Å²) in [4.78, 5) is 4.16. The Hall–Kier alpha value is -0.680. The SMILES string of the molecule is S=C(Nc1ccc(Br)cn1)NC1CC1. The van der Waals surface area contributed by atoms with Crippen LogP contribution in [-0.4, -0.2) is 16.1 Å². The normalized spacial score (nSPS) is 14.9. The van der Waals surface area contributed by atoms with Crippen molar-refractivity contribution in [3.8, 4) is 0 Å². The molecule has 1 aliphatic rings. The van der Waals surface area contributed by atoms with E-state index in [0.29, 0.717) is 11.2 Å². The Morgan fingerprint density at radius 3 is 2.86 bits per heavy atom. The largest absolute Gasteiger partial charge is 0.360 e. The minimum atomic E-state index is 0.574. The smallest absolute Gasteiger partial charge is 0.172 e. The second-order valence-corrected chi connectivity index (χ2v) is 4.56. The van der Waals surface area contributed by atoms with E-state index < -0.39 is 0 Å². The molecule has 2 N–H and O–H groups in total. The van der Waals surface area contributed by atoms with Crippen LogP contribution in [0, 0.1) is 0 Å². The molecule has 0 spiro atoms. The third-order valence-corrected chi connectivity index (χ3v) is 2.57. The summed E-state index contributed by atoms with van der Waals surface area (Å²) in [7, 11) is 0. The van der Waals surface area contributed by atoms with Crippen molar-refractivity contribution < 1.29 is 0 Å². The molecule has 1 fully saturated rings. The van der Waals surface area contributed by atoms with Gasteiger partial charge in [0.25, 0.3) is 0 Å². The molecule has 1 heterocycles. The van der Waals surface area contributed by atoms with Crippen LogP contribution in [0.15, 0.2) is 22.8 Å². The van der Waals surface area contributed by atoms with Crippen LogP contribution < -0.4 is 10.6 Å². The van der Waals surface area contributed by atoms with Gasteiger partial charge in [-0.05, 0) is 53.1 Å². The molecule has 0 aromatic carbocycles. The number of aromatic nitrogens is 1. The van der Waals surface area contributed by atoms with Crippen molar-refractivity contribution in [1.29, 1.82) is 0 Å². The van der Waals surface area contributed by atoms with Crippen LogP contribution in [0.1, 0.15) is 12.8 Å². The first kappa shape index (κ1) is 9.86. The molecule has 0 unspecified atom stereocenters. The van der Waals surface area contributed by atoms with Crippen LogP contribution in [0.2, 0.25) is 0 Å². The number of pyridine rings is 1. The van der Waals surface area contributed by atoms with Crippen LogP contribution in [0.4, 0.5) is 5.82 Å². The first-order chi connectivity index (χ1) is 6.74. The molecular weight excluding hydrogens is 262 g/mol. The number of rotatable bonds is 2. The van der Waals surface area contributed by atoms with Crippen molar-refractivity contribution in [2.24, 2.45) is 0 Å². The Labute approximate surface area is 96.4 Å². The van der Waals surface area contributed by atoms with E-state index in [9.17, 15) is 0 Å². The Bertz CT molecular complexity index is 334.